The number of nitro benzene ring substituents is 1. The summed E-state index contributed by atoms with van der Waals surface area (Å²) in [6.45, 7) is 0. The second kappa shape index (κ2) is 5.90. The van der Waals surface area contributed by atoms with Crippen molar-refractivity contribution in [3.05, 3.63) is 76.1 Å². The summed E-state index contributed by atoms with van der Waals surface area (Å²) >= 11 is 0. The van der Waals surface area contributed by atoms with Crippen molar-refractivity contribution < 1.29 is 14.5 Å². The molecule has 142 valence electrons. The van der Waals surface area contributed by atoms with Gasteiger partial charge in [-0.3, -0.25) is 25.0 Å². The van der Waals surface area contributed by atoms with Crippen LogP contribution in [0, 0.1) is 10.1 Å². The van der Waals surface area contributed by atoms with Gasteiger partial charge < -0.3 is 9.55 Å². The molecule has 2 amide bonds. The van der Waals surface area contributed by atoms with Crippen molar-refractivity contribution >= 4 is 50.5 Å². The summed E-state index contributed by atoms with van der Waals surface area (Å²) in [5.74, 6) is -0.949. The Morgan fingerprint density at radius 1 is 0.966 bits per heavy atom. The SMILES string of the molecule is Cn1cc(C2=C(c3c[nH]c4ccccc34)C(=O)NC2=O)c2ccc([N+](=O)[O-])cc21. The van der Waals surface area contributed by atoms with Crippen LogP contribution >= 0.6 is 0 Å². The fourth-order valence-corrected chi connectivity index (χ4v) is 3.93. The second-order valence-electron chi connectivity index (χ2n) is 6.89. The smallest absolute Gasteiger partial charge is 0.271 e. The molecular weight excluding hydrogens is 372 g/mol. The van der Waals surface area contributed by atoms with Crippen LogP contribution in [0.5, 0.6) is 0 Å². The Bertz CT molecular complexity index is 1410. The monoisotopic (exact) mass is 386 g/mol. The Morgan fingerprint density at radius 2 is 1.69 bits per heavy atom. The highest BCUT2D eigenvalue weighted by atomic mass is 16.6. The van der Waals surface area contributed by atoms with Gasteiger partial charge in [-0.2, -0.15) is 0 Å². The lowest BCUT2D eigenvalue weighted by Gasteiger charge is -2.03. The van der Waals surface area contributed by atoms with Crippen molar-refractivity contribution in [3.63, 3.8) is 0 Å². The van der Waals surface area contributed by atoms with E-state index >= 15 is 0 Å². The van der Waals surface area contributed by atoms with Crippen LogP contribution in [0.1, 0.15) is 11.1 Å². The maximum absolute atomic E-state index is 12.7. The number of hydrogen-bond donors (Lipinski definition) is 2. The Morgan fingerprint density at radius 3 is 2.45 bits per heavy atom. The zero-order chi connectivity index (χ0) is 20.3. The molecule has 5 rings (SSSR count). The molecule has 0 radical (unpaired) electrons. The zero-order valence-electron chi connectivity index (χ0n) is 15.2. The molecule has 0 bridgehead atoms. The fraction of sp³-hybridized carbons (Fsp3) is 0.0476. The van der Waals surface area contributed by atoms with Crippen molar-refractivity contribution in [1.29, 1.82) is 0 Å². The van der Waals surface area contributed by atoms with E-state index in [4.69, 9.17) is 0 Å². The maximum Gasteiger partial charge on any atom is 0.271 e. The number of non-ortho nitro benzene ring substituents is 1. The standard InChI is InChI=1S/C21H14N4O4/c1-24-10-15(13-7-6-11(25(28)29)8-17(13)24)19-18(20(26)23-21(19)27)14-9-22-16-5-3-2-4-12(14)16/h2-10,22H,1H3,(H,23,26,27). The number of rotatable bonds is 3. The summed E-state index contributed by atoms with van der Waals surface area (Å²) in [6.07, 6.45) is 3.44. The predicted octanol–water partition coefficient (Wildman–Crippen LogP) is 3.14. The number of nitro groups is 1. The molecule has 0 unspecified atom stereocenters. The third-order valence-electron chi connectivity index (χ3n) is 5.24. The maximum atomic E-state index is 12.7. The summed E-state index contributed by atoms with van der Waals surface area (Å²) in [7, 11) is 1.75. The van der Waals surface area contributed by atoms with Crippen LogP contribution in [0.15, 0.2) is 54.9 Å². The fourth-order valence-electron chi connectivity index (χ4n) is 3.93. The molecule has 0 saturated heterocycles. The van der Waals surface area contributed by atoms with Crippen LogP contribution in [0.4, 0.5) is 5.69 Å². The van der Waals surface area contributed by atoms with E-state index in [-0.39, 0.29) is 11.3 Å². The lowest BCUT2D eigenvalue weighted by atomic mass is 9.95. The minimum atomic E-state index is -0.485. The van der Waals surface area contributed by atoms with Gasteiger partial charge in [0.25, 0.3) is 17.5 Å². The highest BCUT2D eigenvalue weighted by molar-refractivity contribution is 6.50. The number of aromatic amines is 1. The quantitative estimate of drug-likeness (QED) is 0.320. The minimum absolute atomic E-state index is 0.0389. The number of aryl methyl sites for hydroxylation is 1. The van der Waals surface area contributed by atoms with Crippen molar-refractivity contribution in [3.8, 4) is 0 Å². The van der Waals surface area contributed by atoms with Gasteiger partial charge in [0.15, 0.2) is 0 Å². The number of aromatic nitrogens is 2. The van der Waals surface area contributed by atoms with E-state index in [1.165, 1.54) is 12.1 Å². The largest absolute Gasteiger partial charge is 0.361 e. The lowest BCUT2D eigenvalue weighted by molar-refractivity contribution is -0.384. The van der Waals surface area contributed by atoms with Crippen molar-refractivity contribution in [1.82, 2.24) is 14.9 Å². The molecule has 0 aliphatic carbocycles. The molecule has 2 aromatic heterocycles. The average Bonchev–Trinajstić information content (AvgIpc) is 3.35. The number of H-pyrrole nitrogens is 1. The molecule has 1 aliphatic heterocycles. The van der Waals surface area contributed by atoms with Crippen LogP contribution in [0.3, 0.4) is 0 Å². The van der Waals surface area contributed by atoms with E-state index < -0.39 is 16.7 Å². The third-order valence-corrected chi connectivity index (χ3v) is 5.24. The van der Waals surface area contributed by atoms with Gasteiger partial charge >= 0.3 is 0 Å². The first-order chi connectivity index (χ1) is 14.0. The molecule has 0 spiro atoms. The van der Waals surface area contributed by atoms with E-state index in [1.54, 1.807) is 30.1 Å². The number of imide groups is 1. The Labute approximate surface area is 163 Å². The van der Waals surface area contributed by atoms with Crippen LogP contribution < -0.4 is 5.32 Å². The molecule has 3 heterocycles. The number of carbonyl (C=O) groups excluding carboxylic acids is 2. The first-order valence-corrected chi connectivity index (χ1v) is 8.86. The molecule has 2 N–H and O–H groups in total. The van der Waals surface area contributed by atoms with E-state index in [0.717, 1.165) is 10.9 Å². The molecule has 4 aromatic rings. The molecule has 0 saturated carbocycles. The summed E-state index contributed by atoms with van der Waals surface area (Å²) in [4.78, 5) is 39.2. The highest BCUT2D eigenvalue weighted by Crippen LogP contribution is 2.38. The molecule has 1 aliphatic rings. The summed E-state index contributed by atoms with van der Waals surface area (Å²) < 4.78 is 1.72. The van der Waals surface area contributed by atoms with E-state index in [1.807, 2.05) is 24.3 Å². The van der Waals surface area contributed by atoms with Crippen LogP contribution in [-0.2, 0) is 16.6 Å². The molecule has 0 atom stereocenters. The van der Waals surface area contributed by atoms with Gasteiger partial charge in [0, 0.05) is 59.0 Å². The van der Waals surface area contributed by atoms with Crippen LogP contribution in [0.2, 0.25) is 0 Å². The first-order valence-electron chi connectivity index (χ1n) is 8.86. The number of para-hydroxylation sites is 1. The van der Waals surface area contributed by atoms with Gasteiger partial charge in [0.1, 0.15) is 0 Å². The van der Waals surface area contributed by atoms with E-state index in [9.17, 15) is 19.7 Å². The van der Waals surface area contributed by atoms with Gasteiger partial charge in [-0.25, -0.2) is 0 Å². The van der Waals surface area contributed by atoms with Gasteiger partial charge in [0.2, 0.25) is 0 Å². The van der Waals surface area contributed by atoms with Crippen LogP contribution in [-0.4, -0.2) is 26.3 Å². The minimum Gasteiger partial charge on any atom is -0.361 e. The first kappa shape index (κ1) is 16.9. The molecule has 8 nitrogen and oxygen atoms in total. The second-order valence-corrected chi connectivity index (χ2v) is 6.89. The predicted molar refractivity (Wildman–Crippen MR) is 108 cm³/mol. The Balaban J connectivity index is 1.82. The van der Waals surface area contributed by atoms with Crippen molar-refractivity contribution in [2.45, 2.75) is 0 Å². The van der Waals surface area contributed by atoms with Gasteiger partial charge in [-0.15, -0.1) is 0 Å². The van der Waals surface area contributed by atoms with E-state index in [0.29, 0.717) is 27.6 Å². The summed E-state index contributed by atoms with van der Waals surface area (Å²) in [6, 6.07) is 12.0. The van der Waals surface area contributed by atoms with Crippen LogP contribution in [0.25, 0.3) is 33.0 Å². The highest BCUT2D eigenvalue weighted by Gasteiger charge is 2.35. The molecule has 0 fully saturated rings. The Hall–Kier alpha value is -4.20. The van der Waals surface area contributed by atoms with Gasteiger partial charge in [0.05, 0.1) is 21.6 Å². The molecule has 8 heteroatoms. The summed E-state index contributed by atoms with van der Waals surface area (Å²) in [5, 5.41) is 15.0. The van der Waals surface area contributed by atoms with Crippen molar-refractivity contribution in [2.75, 3.05) is 0 Å². The number of fused-ring (bicyclic) bond motifs is 2. The number of amides is 2. The number of nitrogens with one attached hydrogen (secondary N) is 2. The number of carbonyl (C=O) groups is 2. The lowest BCUT2D eigenvalue weighted by Crippen LogP contribution is -2.22. The number of hydrogen-bond acceptors (Lipinski definition) is 4. The molecule has 29 heavy (non-hydrogen) atoms. The van der Waals surface area contributed by atoms with E-state index in [2.05, 4.69) is 10.3 Å². The zero-order valence-corrected chi connectivity index (χ0v) is 15.2. The van der Waals surface area contributed by atoms with Gasteiger partial charge in [-0.1, -0.05) is 18.2 Å². The van der Waals surface area contributed by atoms with Crippen molar-refractivity contribution in [2.24, 2.45) is 7.05 Å². The average molecular weight is 386 g/mol. The molecular formula is C21H14N4O4. The molecule has 2 aromatic carbocycles. The number of benzene rings is 2. The topological polar surface area (TPSA) is 110 Å². The normalized spacial score (nSPS) is 14.2. The van der Waals surface area contributed by atoms with Gasteiger partial charge in [-0.05, 0) is 12.1 Å². The number of nitrogens with zero attached hydrogens (tertiary/aromatic N) is 2. The summed E-state index contributed by atoms with van der Waals surface area (Å²) in [5.41, 5.74) is 3.17. The third kappa shape index (κ3) is 2.39. The Kier molecular flexibility index (Phi) is 3.44.